The molecule has 0 aromatic heterocycles. The summed E-state index contributed by atoms with van der Waals surface area (Å²) in [7, 11) is 5.32. The molecule has 5 heteroatoms. The van der Waals surface area contributed by atoms with E-state index in [1.807, 2.05) is 41.3 Å². The van der Waals surface area contributed by atoms with Crippen LogP contribution in [0.1, 0.15) is 17.2 Å². The van der Waals surface area contributed by atoms with E-state index in [0.717, 1.165) is 25.2 Å². The van der Waals surface area contributed by atoms with Gasteiger partial charge < -0.3 is 19.3 Å². The lowest BCUT2D eigenvalue weighted by Gasteiger charge is -2.40. The summed E-state index contributed by atoms with van der Waals surface area (Å²) in [6.45, 7) is 2.48. The Morgan fingerprint density at radius 1 is 1.04 bits per heavy atom. The van der Waals surface area contributed by atoms with Crippen molar-refractivity contribution in [2.45, 2.75) is 12.5 Å². The molecule has 0 spiro atoms. The minimum absolute atomic E-state index is 0.0857. The molecule has 2 aromatic carbocycles. The lowest BCUT2D eigenvalue weighted by molar-refractivity contribution is -0.135. The van der Waals surface area contributed by atoms with Crippen molar-refractivity contribution < 1.29 is 14.3 Å². The molecule has 1 atom stereocenters. The molecule has 0 saturated carbocycles. The molecule has 26 heavy (non-hydrogen) atoms. The number of carbonyl (C=O) groups is 1. The molecule has 1 heterocycles. The molecule has 1 saturated heterocycles. The normalized spacial score (nSPS) is 17.8. The third kappa shape index (κ3) is 3.99. The van der Waals surface area contributed by atoms with E-state index >= 15 is 0 Å². The lowest BCUT2D eigenvalue weighted by atomic mass is 10.0. The van der Waals surface area contributed by atoms with E-state index in [4.69, 9.17) is 9.47 Å². The summed E-state index contributed by atoms with van der Waals surface area (Å²) in [4.78, 5) is 17.3. The van der Waals surface area contributed by atoms with Gasteiger partial charge in [0.1, 0.15) is 0 Å². The number of benzene rings is 2. The van der Waals surface area contributed by atoms with Gasteiger partial charge in [-0.05, 0) is 30.3 Å². The standard InChI is InChI=1S/C21H26N2O3/c1-22-11-12-23(18(15-22)17-7-5-4-6-8-17)21(24)14-16-9-10-19(25-2)20(13-16)26-3/h4-10,13,18H,11-12,14-15H2,1-3H3/t18-/m1/s1. The summed E-state index contributed by atoms with van der Waals surface area (Å²) < 4.78 is 10.6. The molecule has 1 aliphatic heterocycles. The number of carbonyl (C=O) groups excluding carboxylic acids is 1. The Kier molecular flexibility index (Phi) is 5.78. The van der Waals surface area contributed by atoms with Gasteiger partial charge in [0.15, 0.2) is 11.5 Å². The minimum Gasteiger partial charge on any atom is -0.493 e. The molecule has 0 unspecified atom stereocenters. The van der Waals surface area contributed by atoms with Crippen molar-refractivity contribution in [3.8, 4) is 11.5 Å². The lowest BCUT2D eigenvalue weighted by Crippen LogP contribution is -2.49. The van der Waals surface area contributed by atoms with Crippen molar-refractivity contribution in [3.05, 3.63) is 59.7 Å². The van der Waals surface area contributed by atoms with Crippen LogP contribution in [0, 0.1) is 0 Å². The van der Waals surface area contributed by atoms with Crippen LogP contribution in [0.4, 0.5) is 0 Å². The number of ether oxygens (including phenoxy) is 2. The summed E-state index contributed by atoms with van der Waals surface area (Å²) in [5.41, 5.74) is 2.11. The zero-order valence-electron chi connectivity index (χ0n) is 15.6. The Balaban J connectivity index is 1.79. The number of nitrogens with zero attached hydrogens (tertiary/aromatic N) is 2. The van der Waals surface area contributed by atoms with E-state index in [1.165, 1.54) is 5.56 Å². The molecular weight excluding hydrogens is 328 g/mol. The highest BCUT2D eigenvalue weighted by atomic mass is 16.5. The van der Waals surface area contributed by atoms with E-state index in [0.29, 0.717) is 17.9 Å². The van der Waals surface area contributed by atoms with Crippen molar-refractivity contribution in [2.75, 3.05) is 40.9 Å². The quantitative estimate of drug-likeness (QED) is 0.828. The Hall–Kier alpha value is -2.53. The van der Waals surface area contributed by atoms with E-state index in [-0.39, 0.29) is 11.9 Å². The number of piperazine rings is 1. The summed E-state index contributed by atoms with van der Waals surface area (Å²) >= 11 is 0. The topological polar surface area (TPSA) is 42.0 Å². The second-order valence-electron chi connectivity index (χ2n) is 6.64. The second kappa shape index (κ2) is 8.23. The highest BCUT2D eigenvalue weighted by molar-refractivity contribution is 5.79. The van der Waals surface area contributed by atoms with Crippen molar-refractivity contribution in [2.24, 2.45) is 0 Å². The summed E-state index contributed by atoms with van der Waals surface area (Å²) in [5, 5.41) is 0. The van der Waals surface area contributed by atoms with Gasteiger partial charge in [-0.2, -0.15) is 0 Å². The van der Waals surface area contributed by atoms with E-state index in [2.05, 4.69) is 24.1 Å². The summed E-state index contributed by atoms with van der Waals surface area (Å²) in [5.74, 6) is 1.46. The molecule has 0 aliphatic carbocycles. The van der Waals surface area contributed by atoms with Gasteiger partial charge in [0.05, 0.1) is 26.7 Å². The Labute approximate surface area is 155 Å². The fourth-order valence-corrected chi connectivity index (χ4v) is 3.45. The molecule has 0 bridgehead atoms. The first-order chi connectivity index (χ1) is 12.6. The van der Waals surface area contributed by atoms with Gasteiger partial charge >= 0.3 is 0 Å². The maximum atomic E-state index is 13.0. The van der Waals surface area contributed by atoms with Gasteiger partial charge in [-0.15, -0.1) is 0 Å². The van der Waals surface area contributed by atoms with Crippen LogP contribution in [0.3, 0.4) is 0 Å². The third-order valence-corrected chi connectivity index (χ3v) is 4.89. The van der Waals surface area contributed by atoms with Crippen LogP contribution in [0.25, 0.3) is 0 Å². The SMILES string of the molecule is COc1ccc(CC(=O)N2CCN(C)C[C@@H]2c2ccccc2)cc1OC. The van der Waals surface area contributed by atoms with Gasteiger partial charge in [0, 0.05) is 19.6 Å². The van der Waals surface area contributed by atoms with Gasteiger partial charge in [0.25, 0.3) is 0 Å². The van der Waals surface area contributed by atoms with E-state index in [1.54, 1.807) is 14.2 Å². The average molecular weight is 354 g/mol. The first-order valence-corrected chi connectivity index (χ1v) is 8.86. The molecule has 1 amide bonds. The maximum absolute atomic E-state index is 13.0. The maximum Gasteiger partial charge on any atom is 0.227 e. The van der Waals surface area contributed by atoms with Gasteiger partial charge in [-0.1, -0.05) is 36.4 Å². The highest BCUT2D eigenvalue weighted by Crippen LogP contribution is 2.29. The molecule has 0 radical (unpaired) electrons. The van der Waals surface area contributed by atoms with Gasteiger partial charge in [0.2, 0.25) is 5.91 Å². The Bertz CT molecular complexity index is 748. The number of hydrogen-bond acceptors (Lipinski definition) is 4. The monoisotopic (exact) mass is 354 g/mol. The van der Waals surface area contributed by atoms with Crippen LogP contribution in [0.2, 0.25) is 0 Å². The number of amides is 1. The molecular formula is C21H26N2O3. The Morgan fingerprint density at radius 3 is 2.46 bits per heavy atom. The van der Waals surface area contributed by atoms with Crippen LogP contribution in [-0.4, -0.2) is 56.6 Å². The summed E-state index contributed by atoms with van der Waals surface area (Å²) in [6, 6.07) is 16.0. The summed E-state index contributed by atoms with van der Waals surface area (Å²) in [6.07, 6.45) is 0.355. The predicted molar refractivity (Wildman–Crippen MR) is 102 cm³/mol. The number of methoxy groups -OCH3 is 2. The van der Waals surface area contributed by atoms with Crippen molar-refractivity contribution >= 4 is 5.91 Å². The van der Waals surface area contributed by atoms with E-state index < -0.39 is 0 Å². The molecule has 1 aliphatic rings. The van der Waals surface area contributed by atoms with Gasteiger partial charge in [-0.25, -0.2) is 0 Å². The minimum atomic E-state index is 0.0857. The van der Waals surface area contributed by atoms with Crippen LogP contribution in [0.15, 0.2) is 48.5 Å². The molecule has 2 aromatic rings. The predicted octanol–water partition coefficient (Wildman–Crippen LogP) is 2.76. The third-order valence-electron chi connectivity index (χ3n) is 4.89. The van der Waals surface area contributed by atoms with Crippen LogP contribution in [-0.2, 0) is 11.2 Å². The number of rotatable bonds is 5. The highest BCUT2D eigenvalue weighted by Gasteiger charge is 2.30. The van der Waals surface area contributed by atoms with Crippen molar-refractivity contribution in [3.63, 3.8) is 0 Å². The average Bonchev–Trinajstić information content (AvgIpc) is 2.68. The largest absolute Gasteiger partial charge is 0.493 e. The first-order valence-electron chi connectivity index (χ1n) is 8.86. The van der Waals surface area contributed by atoms with Crippen molar-refractivity contribution in [1.82, 2.24) is 9.80 Å². The molecule has 0 N–H and O–H groups in total. The zero-order valence-corrected chi connectivity index (χ0v) is 15.6. The number of likely N-dealkylation sites (N-methyl/N-ethyl adjacent to an activating group) is 1. The van der Waals surface area contributed by atoms with Gasteiger partial charge in [-0.3, -0.25) is 4.79 Å². The fourth-order valence-electron chi connectivity index (χ4n) is 3.45. The van der Waals surface area contributed by atoms with Crippen molar-refractivity contribution in [1.29, 1.82) is 0 Å². The molecule has 3 rings (SSSR count). The molecule has 1 fully saturated rings. The van der Waals surface area contributed by atoms with Crippen LogP contribution < -0.4 is 9.47 Å². The van der Waals surface area contributed by atoms with Crippen LogP contribution in [0.5, 0.6) is 11.5 Å². The van der Waals surface area contributed by atoms with Crippen LogP contribution >= 0.6 is 0 Å². The van der Waals surface area contributed by atoms with E-state index in [9.17, 15) is 4.79 Å². The second-order valence-corrected chi connectivity index (χ2v) is 6.64. The number of hydrogen-bond donors (Lipinski definition) is 0. The Morgan fingerprint density at radius 2 is 1.77 bits per heavy atom. The molecule has 138 valence electrons. The smallest absolute Gasteiger partial charge is 0.227 e. The zero-order chi connectivity index (χ0) is 18.5. The fraction of sp³-hybridized carbons (Fsp3) is 0.381. The molecule has 5 nitrogen and oxygen atoms in total. The first kappa shape index (κ1) is 18.3.